The van der Waals surface area contributed by atoms with Crippen molar-refractivity contribution in [1.82, 2.24) is 9.73 Å². The number of fused-ring (bicyclic) bond motifs is 6. The molecule has 2 amide bonds. The highest BCUT2D eigenvalue weighted by Gasteiger charge is 2.48. The van der Waals surface area contributed by atoms with Crippen LogP contribution in [0.15, 0.2) is 227 Å². The number of aryl methyl sites for hydroxylation is 1. The molecule has 0 spiro atoms. The van der Waals surface area contributed by atoms with Crippen LogP contribution in [-0.2, 0) is 40.9 Å². The second-order valence-electron chi connectivity index (χ2n) is 26.8. The molecule has 602 valence electrons. The van der Waals surface area contributed by atoms with Gasteiger partial charge in [0.25, 0.3) is 21.8 Å². The highest BCUT2D eigenvalue weighted by atomic mass is 32.2. The molecule has 1 atom stereocenters. The minimum absolute atomic E-state index is 0.00980. The highest BCUT2D eigenvalue weighted by molar-refractivity contribution is 7.89. The molecule has 3 heterocycles. The number of Topliss-reactive ketones (excluding diaryl/α,β-unsaturated/α-hetero) is 1. The molecule has 2 aliphatic heterocycles. The van der Waals surface area contributed by atoms with Crippen molar-refractivity contribution in [1.29, 1.82) is 0 Å². The normalized spacial score (nSPS) is 14.1. The number of sulfonamides is 1. The van der Waals surface area contributed by atoms with Gasteiger partial charge in [-0.2, -0.15) is 26.4 Å². The van der Waals surface area contributed by atoms with Crippen LogP contribution in [0.5, 0.6) is 5.75 Å². The van der Waals surface area contributed by atoms with E-state index < -0.39 is 78.1 Å². The number of anilines is 3. The molecular formula is C82H75F3N9O18S4-. The van der Waals surface area contributed by atoms with E-state index in [0.29, 0.717) is 71.9 Å². The van der Waals surface area contributed by atoms with Crippen molar-refractivity contribution >= 4 is 138 Å². The molecule has 15 rings (SSSR count). The molecule has 0 saturated carbocycles. The summed E-state index contributed by atoms with van der Waals surface area (Å²) in [5.41, 5.74) is 23.0. The van der Waals surface area contributed by atoms with Gasteiger partial charge in [0.15, 0.2) is 11.2 Å². The fraction of sp³-hybridized carbons (Fsp3) is 0.183. The Kier molecular flexibility index (Phi) is 25.0. The molecule has 8 aromatic carbocycles. The van der Waals surface area contributed by atoms with Crippen LogP contribution in [0.3, 0.4) is 0 Å². The number of hydrogen-bond donors (Lipinski definition) is 8. The van der Waals surface area contributed by atoms with Crippen molar-refractivity contribution in [2.24, 2.45) is 23.0 Å². The number of nitrogens with one attached hydrogen (secondary N) is 2. The number of carboxylic acid groups (broad SMARTS) is 1. The number of alkyl halides is 3. The summed E-state index contributed by atoms with van der Waals surface area (Å²) in [7, 11) is -10.1. The number of carbonyl (C=O) groups excluding carboxylic acids is 3. The van der Waals surface area contributed by atoms with Crippen molar-refractivity contribution in [3.63, 3.8) is 0 Å². The van der Waals surface area contributed by atoms with Crippen LogP contribution >= 0.6 is 12.2 Å². The number of phenols is 1. The second kappa shape index (κ2) is 34.1. The maximum atomic E-state index is 12.3. The van der Waals surface area contributed by atoms with Gasteiger partial charge in [-0.3, -0.25) is 34.1 Å². The van der Waals surface area contributed by atoms with Gasteiger partial charge < -0.3 is 55.9 Å². The predicted octanol–water partition coefficient (Wildman–Crippen LogP) is 11.5. The summed E-state index contributed by atoms with van der Waals surface area (Å²) < 4.78 is 132. The molecule has 116 heavy (non-hydrogen) atoms. The zero-order valence-corrected chi connectivity index (χ0v) is 66.0. The summed E-state index contributed by atoms with van der Waals surface area (Å²) in [5.74, 6) is 2.33. The standard InChI is InChI=1S/C22H16N2O5S.C18H17NO3S.C15H10F3NO5S.C15H18N2O3.C12H15N3O2S/c23-10-20(30)24-11-1-4-14(17(7-11)22(27)28)21-15-5-2-12(25)8-18(15)29-19-9-13(26)3-6-16(19)21;1-9-7-15(19)13-5-6-14-16(23(20,21)22)8-10(2)12-4-3-11(9)17(13)18(12)14;16-15(17,18)25(22,23)24-6-5-19-13(20)11-7-9-3-1-2-4-10(9)8-12(11)14(19)21;1-3-17(4-2)11-6-5-10-7-12(13(18)9-16)15(19)20-14(10)8-11;1-15(2)11-7-3-6-10-9(11)5-4-8-12(10)18(16,17)14-13/h1-9,25H,10,23H2,(H,24,30)(H,27,28);3-5,7-8,17H,6,19H2,1-2H3,(H,20,21,22);1-4,7-8H,5-6H2;5-8H,3-4,9,16H2,1-2H3;3-8,14H,13H2,1-2H3/p-1. The van der Waals surface area contributed by atoms with E-state index in [2.05, 4.69) is 34.3 Å². The average Bonchev–Trinajstić information content (AvgIpc) is 0.872. The van der Waals surface area contributed by atoms with E-state index >= 15 is 0 Å². The van der Waals surface area contributed by atoms with Crippen molar-refractivity contribution in [2.45, 2.75) is 55.3 Å². The van der Waals surface area contributed by atoms with Crippen molar-refractivity contribution in [2.75, 3.05) is 68.5 Å². The molecule has 6 aliphatic rings. The number of ketones is 1. The number of aromatic hydroxyl groups is 1. The van der Waals surface area contributed by atoms with Gasteiger partial charge in [-0.15, -0.1) is 0 Å². The number of nitrogens with zero attached hydrogens (tertiary/aromatic N) is 3. The quantitative estimate of drug-likeness (QED) is 0.00401. The number of rotatable bonds is 17. The first-order valence-corrected chi connectivity index (χ1v) is 40.1. The Labute approximate surface area is 667 Å². The van der Waals surface area contributed by atoms with E-state index in [4.69, 9.17) is 44.1 Å². The highest BCUT2D eigenvalue weighted by Crippen LogP contribution is 2.51. The van der Waals surface area contributed by atoms with Crippen LogP contribution in [0.2, 0.25) is 0 Å². The van der Waals surface area contributed by atoms with Crippen LogP contribution < -0.4 is 54.0 Å². The summed E-state index contributed by atoms with van der Waals surface area (Å²) in [6.07, 6.45) is 8.42. The summed E-state index contributed by atoms with van der Waals surface area (Å²) in [4.78, 5) is 78.9. The first kappa shape index (κ1) is 84.8. The maximum Gasteiger partial charge on any atom is 0.523 e. The molecule has 0 saturated heterocycles. The van der Waals surface area contributed by atoms with Crippen LogP contribution in [0.4, 0.5) is 30.2 Å². The van der Waals surface area contributed by atoms with Crippen LogP contribution in [0, 0.1) is 6.92 Å². The molecule has 4 aliphatic carbocycles. The van der Waals surface area contributed by atoms with E-state index in [9.17, 15) is 82.0 Å². The Morgan fingerprint density at radius 2 is 1.38 bits per heavy atom. The molecular weight excluding hydrogens is 1580 g/mol. The third-order valence-corrected chi connectivity index (χ3v) is 22.9. The van der Waals surface area contributed by atoms with Gasteiger partial charge >= 0.3 is 27.2 Å². The zero-order chi connectivity index (χ0) is 84.4. The lowest BCUT2D eigenvalue weighted by Crippen LogP contribution is -2.35. The maximum absolute atomic E-state index is 12.3. The van der Waals surface area contributed by atoms with Crippen LogP contribution in [0.25, 0.3) is 72.0 Å². The topological polar surface area (TPSA) is 442 Å². The smallest absolute Gasteiger partial charge is 0.523 e. The van der Waals surface area contributed by atoms with Gasteiger partial charge in [-0.1, -0.05) is 85.0 Å². The molecule has 1 unspecified atom stereocenters. The molecule has 0 radical (unpaired) electrons. The van der Waals surface area contributed by atoms with Crippen molar-refractivity contribution < 1.29 is 85.4 Å². The summed E-state index contributed by atoms with van der Waals surface area (Å²) in [5, 5.41) is 26.9. The fourth-order valence-electron chi connectivity index (χ4n) is 14.0. The van der Waals surface area contributed by atoms with Gasteiger partial charge in [-0.05, 0) is 180 Å². The molecule has 1 aromatic heterocycles. The van der Waals surface area contributed by atoms with Crippen molar-refractivity contribution in [3.05, 3.63) is 264 Å². The number of carbonyl (C=O) groups is 4. The number of hydrogen-bond acceptors (Lipinski definition) is 24. The number of thiocarbonyl (C=S) groups is 1. The lowest BCUT2D eigenvalue weighted by atomic mass is 9.68. The third kappa shape index (κ3) is 17.4. The van der Waals surface area contributed by atoms with Gasteiger partial charge in [0, 0.05) is 113 Å². The number of aromatic carboxylic acids is 1. The largest absolute Gasteiger partial charge is 0.744 e. The van der Waals surface area contributed by atoms with Crippen LogP contribution in [0.1, 0.15) is 90.4 Å². The summed E-state index contributed by atoms with van der Waals surface area (Å²) in [6, 6.07) is 43.1. The molecule has 34 heteroatoms. The number of imide groups is 1. The van der Waals surface area contributed by atoms with E-state index in [1.165, 1.54) is 54.6 Å². The Balaban J connectivity index is 0.000000144. The molecule has 27 nitrogen and oxygen atoms in total. The van der Waals surface area contributed by atoms with E-state index in [1.54, 1.807) is 66.7 Å². The SMILES string of the molecule is CC1=C2C=Cc3c(C)cc(S(=O)(=O)[O-])c4c3C2C(=CC4)C(N)=C1.CCN(CC)c1ccc2cc(C(=O)CN)c(=O)oc2c1.CN(C)c1cccc2c(S(=O)(=O)NN)cccc12.NCC(=S)Nc1ccc(-c2c3ccc(=O)cc-3oc3cc(O)ccc23)c(C(=O)O)c1.O=C1c2cc3ccccc3cc2C(=O)N1CCOS(=O)(=O)C(F)(F)F. The average molecular weight is 1660 g/mol. The second-order valence-corrected chi connectivity index (χ2v) is 31.9. The van der Waals surface area contributed by atoms with Crippen molar-refractivity contribution in [3.8, 4) is 28.2 Å². The number of halogens is 3. The first-order chi connectivity index (χ1) is 54.8. The molecule has 0 bridgehead atoms. The Bertz CT molecular complexity index is 6420. The lowest BCUT2D eigenvalue weighted by molar-refractivity contribution is -0.0543. The number of benzene rings is 9. The lowest BCUT2D eigenvalue weighted by Gasteiger charge is -2.37. The molecule has 12 N–H and O–H groups in total. The Morgan fingerprint density at radius 1 is 0.716 bits per heavy atom. The van der Waals surface area contributed by atoms with Crippen LogP contribution in [-0.4, -0.2) is 132 Å². The fourth-order valence-corrected chi connectivity index (χ4v) is 16.2. The summed E-state index contributed by atoms with van der Waals surface area (Å²) in [6.45, 7) is 8.06. The van der Waals surface area contributed by atoms with E-state index in [0.717, 1.165) is 85.1 Å². The predicted molar refractivity (Wildman–Crippen MR) is 439 cm³/mol. The van der Waals surface area contributed by atoms with Gasteiger partial charge in [0.05, 0.1) is 51.2 Å². The number of carboxylic acids is 1. The number of amides is 2. The minimum Gasteiger partial charge on any atom is -0.744 e. The Morgan fingerprint density at radius 3 is 2.00 bits per heavy atom. The molecule has 0 fully saturated rings. The first-order valence-electron chi connectivity index (χ1n) is 35.4. The number of allylic oxidation sites excluding steroid dienone is 6. The molecule has 9 aromatic rings. The number of hydrazine groups is 1. The van der Waals surface area contributed by atoms with Gasteiger partial charge in [0.2, 0.25) is 0 Å². The van der Waals surface area contributed by atoms with Gasteiger partial charge in [-0.25, -0.2) is 26.4 Å². The summed E-state index contributed by atoms with van der Waals surface area (Å²) >= 11 is 5.07. The van der Waals surface area contributed by atoms with Gasteiger partial charge in [0.1, 0.15) is 38.4 Å². The van der Waals surface area contributed by atoms with E-state index in [-0.39, 0.29) is 62.2 Å². The number of phenolic OH excluding ortho intramolecular Hbond substituents is 1. The third-order valence-electron chi connectivity index (χ3n) is 19.4. The monoisotopic (exact) mass is 1660 g/mol. The Hall–Kier alpha value is -12.1. The minimum atomic E-state index is -5.77. The zero-order valence-electron chi connectivity index (χ0n) is 62.7. The number of nitrogens with two attached hydrogens (primary N) is 4. The van der Waals surface area contributed by atoms with E-state index in [1.807, 2.05) is 92.3 Å².